The molecular formula is C30H39NO3. The summed E-state index contributed by atoms with van der Waals surface area (Å²) in [5.74, 6) is -0.957. The summed E-state index contributed by atoms with van der Waals surface area (Å²) < 4.78 is 0. The second-order valence-corrected chi connectivity index (χ2v) is 9.86. The smallest absolute Gasteiger partial charge is 0.303 e. The molecule has 0 aliphatic heterocycles. The van der Waals surface area contributed by atoms with Gasteiger partial charge in [0.25, 0.3) is 0 Å². The Labute approximate surface area is 204 Å². The van der Waals surface area contributed by atoms with Gasteiger partial charge in [0.1, 0.15) is 0 Å². The van der Waals surface area contributed by atoms with E-state index in [9.17, 15) is 9.59 Å². The summed E-state index contributed by atoms with van der Waals surface area (Å²) >= 11 is 0. The van der Waals surface area contributed by atoms with Crippen molar-refractivity contribution in [2.45, 2.75) is 73.1 Å². The first-order valence-corrected chi connectivity index (χ1v) is 12.1. The predicted octanol–water partition coefficient (Wildman–Crippen LogP) is 7.56. The molecule has 1 aromatic carbocycles. The van der Waals surface area contributed by atoms with Crippen LogP contribution in [0.2, 0.25) is 0 Å². The molecule has 182 valence electrons. The van der Waals surface area contributed by atoms with Gasteiger partial charge in [-0.15, -0.1) is 0 Å². The number of nitrogens with one attached hydrogen (secondary N) is 1. The minimum Gasteiger partial charge on any atom is -0.481 e. The number of aryl methyl sites for hydroxylation is 1. The number of hydrogen-bond donors (Lipinski definition) is 2. The number of carbonyl (C=O) groups excluding carboxylic acids is 1. The summed E-state index contributed by atoms with van der Waals surface area (Å²) in [7, 11) is 0. The summed E-state index contributed by atoms with van der Waals surface area (Å²) in [6, 6.07) is 7.52. The molecular weight excluding hydrogens is 422 g/mol. The quantitative estimate of drug-likeness (QED) is 0.279. The first-order chi connectivity index (χ1) is 16.1. The van der Waals surface area contributed by atoms with Crippen molar-refractivity contribution in [2.75, 3.05) is 5.32 Å². The van der Waals surface area contributed by atoms with Gasteiger partial charge in [-0.1, -0.05) is 67.5 Å². The largest absolute Gasteiger partial charge is 0.481 e. The minimum atomic E-state index is -0.779. The maximum Gasteiger partial charge on any atom is 0.303 e. The molecule has 0 heterocycles. The van der Waals surface area contributed by atoms with Crippen molar-refractivity contribution in [3.63, 3.8) is 0 Å². The summed E-state index contributed by atoms with van der Waals surface area (Å²) in [6.45, 7) is 10.9. The zero-order valence-electron chi connectivity index (χ0n) is 21.3. The van der Waals surface area contributed by atoms with Crippen LogP contribution >= 0.6 is 0 Å². The Morgan fingerprint density at radius 2 is 1.79 bits per heavy atom. The van der Waals surface area contributed by atoms with Crippen LogP contribution in [0.3, 0.4) is 0 Å². The van der Waals surface area contributed by atoms with E-state index in [0.717, 1.165) is 16.8 Å². The van der Waals surface area contributed by atoms with Crippen LogP contribution in [-0.2, 0) is 16.0 Å². The maximum atomic E-state index is 12.3. The molecule has 2 N–H and O–H groups in total. The van der Waals surface area contributed by atoms with Gasteiger partial charge in [-0.25, -0.2) is 0 Å². The lowest BCUT2D eigenvalue weighted by Crippen LogP contribution is -2.19. The summed E-state index contributed by atoms with van der Waals surface area (Å²) in [5, 5.41) is 11.6. The van der Waals surface area contributed by atoms with Gasteiger partial charge in [0.05, 0.1) is 0 Å². The van der Waals surface area contributed by atoms with Crippen molar-refractivity contribution < 1.29 is 14.7 Å². The molecule has 1 aromatic rings. The van der Waals surface area contributed by atoms with Gasteiger partial charge in [0.2, 0.25) is 5.91 Å². The Kier molecular flexibility index (Phi) is 10.3. The molecule has 0 bridgehead atoms. The number of benzene rings is 1. The third kappa shape index (κ3) is 9.38. The van der Waals surface area contributed by atoms with Crippen LogP contribution in [0.1, 0.15) is 72.3 Å². The summed E-state index contributed by atoms with van der Waals surface area (Å²) in [5.41, 5.74) is 6.99. The number of carbonyl (C=O) groups is 2. The SMILES string of the molecule is CC1=C(/C=C/C(C)=C/C=C/C(C)=C/C(=O)Nc2ccc(CCCC(=O)O)cc2)C(C)(C)CCC1. The number of carboxylic acids is 1. The van der Waals surface area contributed by atoms with Crippen LogP contribution in [0, 0.1) is 5.41 Å². The van der Waals surface area contributed by atoms with Crippen molar-refractivity contribution in [3.05, 3.63) is 88.6 Å². The van der Waals surface area contributed by atoms with Gasteiger partial charge in [-0.2, -0.15) is 0 Å². The molecule has 2 rings (SSSR count). The zero-order valence-corrected chi connectivity index (χ0v) is 21.3. The zero-order chi connectivity index (χ0) is 25.1. The average molecular weight is 462 g/mol. The van der Waals surface area contributed by atoms with Gasteiger partial charge in [0, 0.05) is 18.2 Å². The highest BCUT2D eigenvalue weighted by molar-refractivity contribution is 5.99. The van der Waals surface area contributed by atoms with Crippen LogP contribution in [0.4, 0.5) is 5.69 Å². The van der Waals surface area contributed by atoms with Gasteiger partial charge in [0.15, 0.2) is 0 Å². The van der Waals surface area contributed by atoms with Crippen LogP contribution in [-0.4, -0.2) is 17.0 Å². The number of rotatable bonds is 10. The fraction of sp³-hybridized carbons (Fsp3) is 0.400. The highest BCUT2D eigenvalue weighted by Gasteiger charge is 2.26. The van der Waals surface area contributed by atoms with E-state index in [4.69, 9.17) is 5.11 Å². The van der Waals surface area contributed by atoms with Crippen LogP contribution in [0.5, 0.6) is 0 Å². The molecule has 0 saturated carbocycles. The van der Waals surface area contributed by atoms with Crippen molar-refractivity contribution in [1.82, 2.24) is 0 Å². The molecule has 0 spiro atoms. The van der Waals surface area contributed by atoms with Crippen molar-refractivity contribution in [3.8, 4) is 0 Å². The highest BCUT2D eigenvalue weighted by atomic mass is 16.4. The van der Waals surface area contributed by atoms with Gasteiger partial charge < -0.3 is 10.4 Å². The molecule has 4 heteroatoms. The van der Waals surface area contributed by atoms with Crippen molar-refractivity contribution >= 4 is 17.6 Å². The molecule has 0 aromatic heterocycles. The molecule has 1 aliphatic rings. The van der Waals surface area contributed by atoms with Gasteiger partial charge in [-0.3, -0.25) is 9.59 Å². The lowest BCUT2D eigenvalue weighted by Gasteiger charge is -2.32. The first kappa shape index (κ1) is 27.1. The Balaban J connectivity index is 1.88. The Bertz CT molecular complexity index is 1020. The Morgan fingerprint density at radius 3 is 2.44 bits per heavy atom. The fourth-order valence-electron chi connectivity index (χ4n) is 4.26. The Morgan fingerprint density at radius 1 is 1.09 bits per heavy atom. The number of amides is 1. The van der Waals surface area contributed by atoms with E-state index in [0.29, 0.717) is 12.8 Å². The maximum absolute atomic E-state index is 12.3. The van der Waals surface area contributed by atoms with Crippen LogP contribution in [0.15, 0.2) is 83.0 Å². The fourth-order valence-corrected chi connectivity index (χ4v) is 4.26. The lowest BCUT2D eigenvalue weighted by molar-refractivity contribution is -0.137. The molecule has 1 amide bonds. The highest BCUT2D eigenvalue weighted by Crippen LogP contribution is 2.40. The van der Waals surface area contributed by atoms with E-state index in [1.807, 2.05) is 43.3 Å². The molecule has 0 fully saturated rings. The number of carboxylic acid groups (broad SMARTS) is 1. The molecule has 34 heavy (non-hydrogen) atoms. The summed E-state index contributed by atoms with van der Waals surface area (Å²) in [6.07, 6.45) is 17.1. The number of aliphatic carboxylic acids is 1. The minimum absolute atomic E-state index is 0.164. The second-order valence-electron chi connectivity index (χ2n) is 9.86. The van der Waals surface area contributed by atoms with Crippen LogP contribution in [0.25, 0.3) is 0 Å². The van der Waals surface area contributed by atoms with E-state index < -0.39 is 5.97 Å². The normalized spacial score (nSPS) is 17.0. The number of hydrogen-bond acceptors (Lipinski definition) is 2. The molecule has 1 aliphatic carbocycles. The van der Waals surface area contributed by atoms with Gasteiger partial charge in [-0.05, 0) is 87.1 Å². The summed E-state index contributed by atoms with van der Waals surface area (Å²) in [4.78, 5) is 22.9. The third-order valence-electron chi connectivity index (χ3n) is 6.21. The van der Waals surface area contributed by atoms with E-state index in [1.165, 1.54) is 36.0 Å². The predicted molar refractivity (Wildman–Crippen MR) is 142 cm³/mol. The number of allylic oxidation sites excluding steroid dienone is 9. The van der Waals surface area contributed by atoms with Crippen LogP contribution < -0.4 is 5.32 Å². The standard InChI is InChI=1S/C30H39NO3/c1-22(14-19-27-24(3)11-8-20-30(27,4)5)9-6-10-23(2)21-28(32)31-26-17-15-25(16-18-26)12-7-13-29(33)34/h6,9-10,14-19,21H,7-8,11-13,20H2,1-5H3,(H,31,32)(H,33,34)/b10-6+,19-14+,22-9+,23-21+. The van der Waals surface area contributed by atoms with E-state index in [-0.39, 0.29) is 17.7 Å². The molecule has 0 atom stereocenters. The lowest BCUT2D eigenvalue weighted by atomic mass is 9.72. The van der Waals surface area contributed by atoms with Crippen molar-refractivity contribution in [1.29, 1.82) is 0 Å². The molecule has 0 unspecified atom stereocenters. The van der Waals surface area contributed by atoms with E-state index in [2.05, 4.69) is 51.2 Å². The molecule has 4 nitrogen and oxygen atoms in total. The molecule has 0 radical (unpaired) electrons. The van der Waals surface area contributed by atoms with E-state index >= 15 is 0 Å². The first-order valence-electron chi connectivity index (χ1n) is 12.1. The average Bonchev–Trinajstić information content (AvgIpc) is 2.74. The monoisotopic (exact) mass is 461 g/mol. The third-order valence-corrected chi connectivity index (χ3v) is 6.21. The van der Waals surface area contributed by atoms with E-state index in [1.54, 1.807) is 6.08 Å². The second kappa shape index (κ2) is 12.9. The topological polar surface area (TPSA) is 66.4 Å². The Hall–Kier alpha value is -3.14. The molecule has 0 saturated heterocycles. The van der Waals surface area contributed by atoms with Crippen molar-refractivity contribution in [2.24, 2.45) is 5.41 Å². The van der Waals surface area contributed by atoms with Gasteiger partial charge >= 0.3 is 5.97 Å². The number of anilines is 1.